The number of nitrogens with zero attached hydrogens (tertiary/aromatic N) is 2. The van der Waals surface area contributed by atoms with Gasteiger partial charge in [-0.15, -0.1) is 0 Å². The van der Waals surface area contributed by atoms with Gasteiger partial charge in [-0.25, -0.2) is 9.97 Å². The number of benzene rings is 1. The third-order valence-corrected chi connectivity index (χ3v) is 3.24. The minimum Gasteiger partial charge on any atom is -0.444 e. The zero-order chi connectivity index (χ0) is 16.4. The summed E-state index contributed by atoms with van der Waals surface area (Å²) in [7, 11) is 0. The molecule has 3 aromatic rings. The van der Waals surface area contributed by atoms with Gasteiger partial charge in [0, 0.05) is 6.20 Å². The maximum Gasteiger partial charge on any atom is 0.419 e. The van der Waals surface area contributed by atoms with Gasteiger partial charge >= 0.3 is 6.18 Å². The van der Waals surface area contributed by atoms with E-state index in [0.29, 0.717) is 23.3 Å². The van der Waals surface area contributed by atoms with Crippen molar-refractivity contribution in [3.63, 3.8) is 0 Å². The summed E-state index contributed by atoms with van der Waals surface area (Å²) in [5.41, 5.74) is -0.179. The van der Waals surface area contributed by atoms with E-state index in [2.05, 4.69) is 15.3 Å². The van der Waals surface area contributed by atoms with Crippen LogP contribution in [0.3, 0.4) is 0 Å². The summed E-state index contributed by atoms with van der Waals surface area (Å²) < 4.78 is 44.5. The number of anilines is 2. The number of hydrogen-bond acceptors (Lipinski definition) is 4. The summed E-state index contributed by atoms with van der Waals surface area (Å²) in [5, 5.41) is 2.69. The van der Waals surface area contributed by atoms with Gasteiger partial charge < -0.3 is 9.73 Å². The van der Waals surface area contributed by atoms with Crippen LogP contribution in [0.4, 0.5) is 24.5 Å². The lowest BCUT2D eigenvalue weighted by atomic mass is 10.1. The summed E-state index contributed by atoms with van der Waals surface area (Å²) in [6, 6.07) is 7.84. The van der Waals surface area contributed by atoms with Crippen LogP contribution in [0.15, 0.2) is 53.4 Å². The number of aromatic nitrogens is 2. The van der Waals surface area contributed by atoms with Crippen molar-refractivity contribution in [2.24, 2.45) is 0 Å². The van der Waals surface area contributed by atoms with E-state index in [1.165, 1.54) is 12.5 Å². The van der Waals surface area contributed by atoms with Crippen LogP contribution in [0.2, 0.25) is 5.15 Å². The lowest BCUT2D eigenvalue weighted by Crippen LogP contribution is -2.10. The van der Waals surface area contributed by atoms with Crippen molar-refractivity contribution >= 4 is 23.0 Å². The molecular formula is C15H9ClF3N3O. The SMILES string of the molecule is FC(F)(F)c1cnc(Cl)cc1Nc1ccccc1-c1ncco1. The van der Waals surface area contributed by atoms with Gasteiger partial charge in [0.1, 0.15) is 11.4 Å². The highest BCUT2D eigenvalue weighted by Crippen LogP contribution is 2.38. The quantitative estimate of drug-likeness (QED) is 0.670. The van der Waals surface area contributed by atoms with E-state index in [0.717, 1.165) is 6.07 Å². The number of nitrogens with one attached hydrogen (secondary N) is 1. The highest BCUT2D eigenvalue weighted by molar-refractivity contribution is 6.29. The van der Waals surface area contributed by atoms with E-state index in [9.17, 15) is 13.2 Å². The van der Waals surface area contributed by atoms with E-state index in [-0.39, 0.29) is 10.8 Å². The Labute approximate surface area is 133 Å². The van der Waals surface area contributed by atoms with Gasteiger partial charge in [0.05, 0.1) is 28.7 Å². The Balaban J connectivity index is 2.06. The van der Waals surface area contributed by atoms with Gasteiger partial charge in [-0.2, -0.15) is 13.2 Å². The Morgan fingerprint density at radius 1 is 1.09 bits per heavy atom. The van der Waals surface area contributed by atoms with E-state index in [4.69, 9.17) is 16.0 Å². The second kappa shape index (κ2) is 5.92. The molecule has 2 aromatic heterocycles. The largest absolute Gasteiger partial charge is 0.444 e. The summed E-state index contributed by atoms with van der Waals surface area (Å²) in [6.45, 7) is 0. The predicted molar refractivity (Wildman–Crippen MR) is 79.5 cm³/mol. The first-order valence-corrected chi connectivity index (χ1v) is 6.81. The number of rotatable bonds is 3. The highest BCUT2D eigenvalue weighted by atomic mass is 35.5. The van der Waals surface area contributed by atoms with Crippen LogP contribution in [0.25, 0.3) is 11.5 Å². The summed E-state index contributed by atoms with van der Waals surface area (Å²) in [4.78, 5) is 7.50. The molecule has 8 heteroatoms. The molecule has 0 saturated heterocycles. The molecule has 3 rings (SSSR count). The van der Waals surface area contributed by atoms with Crippen LogP contribution >= 0.6 is 11.6 Å². The Bertz CT molecular complexity index is 819. The minimum atomic E-state index is -4.56. The lowest BCUT2D eigenvalue weighted by Gasteiger charge is -2.15. The second-order valence-corrected chi connectivity index (χ2v) is 4.95. The van der Waals surface area contributed by atoms with Crippen molar-refractivity contribution in [2.75, 3.05) is 5.32 Å². The molecule has 0 aliphatic rings. The van der Waals surface area contributed by atoms with Crippen LogP contribution in [0, 0.1) is 0 Å². The Kier molecular flexibility index (Phi) is 3.96. The Hall–Kier alpha value is -2.54. The number of oxazole rings is 1. The van der Waals surface area contributed by atoms with Crippen LogP contribution < -0.4 is 5.32 Å². The van der Waals surface area contributed by atoms with Gasteiger partial charge in [0.25, 0.3) is 0 Å². The smallest absolute Gasteiger partial charge is 0.419 e. The van der Waals surface area contributed by atoms with E-state index < -0.39 is 11.7 Å². The highest BCUT2D eigenvalue weighted by Gasteiger charge is 2.34. The molecule has 1 aromatic carbocycles. The number of alkyl halides is 3. The second-order valence-electron chi connectivity index (χ2n) is 4.56. The minimum absolute atomic E-state index is 0.0471. The number of pyridine rings is 1. The molecule has 0 amide bonds. The van der Waals surface area contributed by atoms with E-state index in [1.807, 2.05) is 0 Å². The fourth-order valence-electron chi connectivity index (χ4n) is 2.04. The molecule has 0 unspecified atom stereocenters. The number of hydrogen-bond donors (Lipinski definition) is 1. The van der Waals surface area contributed by atoms with E-state index in [1.54, 1.807) is 24.3 Å². The van der Waals surface area contributed by atoms with Gasteiger partial charge in [0.2, 0.25) is 5.89 Å². The molecule has 0 spiro atoms. The molecule has 0 bridgehead atoms. The molecule has 0 fully saturated rings. The predicted octanol–water partition coefficient (Wildman–Crippen LogP) is 5.15. The molecule has 0 aliphatic heterocycles. The lowest BCUT2D eigenvalue weighted by molar-refractivity contribution is -0.137. The molecule has 0 radical (unpaired) electrons. The maximum absolute atomic E-state index is 13.1. The van der Waals surface area contributed by atoms with E-state index >= 15 is 0 Å². The van der Waals surface area contributed by atoms with Crippen molar-refractivity contribution in [2.45, 2.75) is 6.18 Å². The number of halogens is 4. The molecule has 2 heterocycles. The monoisotopic (exact) mass is 339 g/mol. The molecule has 0 atom stereocenters. The van der Waals surface area contributed by atoms with Crippen molar-refractivity contribution in [1.82, 2.24) is 9.97 Å². The standard InChI is InChI=1S/C15H9ClF3N3O/c16-13-7-12(10(8-21-13)15(17,18)19)22-11-4-2-1-3-9(11)14-20-5-6-23-14/h1-8H,(H,21,22). The van der Waals surface area contributed by atoms with Crippen molar-refractivity contribution in [3.05, 3.63) is 59.7 Å². The van der Waals surface area contributed by atoms with Crippen molar-refractivity contribution < 1.29 is 17.6 Å². The van der Waals surface area contributed by atoms with Gasteiger partial charge in [0.15, 0.2) is 0 Å². The van der Waals surface area contributed by atoms with Crippen LogP contribution in [0.1, 0.15) is 5.56 Å². The topological polar surface area (TPSA) is 51.0 Å². The third kappa shape index (κ3) is 3.29. The average molecular weight is 340 g/mol. The first-order chi connectivity index (χ1) is 10.9. The molecular weight excluding hydrogens is 331 g/mol. The zero-order valence-corrected chi connectivity index (χ0v) is 12.2. The molecule has 1 N–H and O–H groups in total. The summed E-state index contributed by atoms with van der Waals surface area (Å²) in [5.74, 6) is 0.293. The fourth-order valence-corrected chi connectivity index (χ4v) is 2.20. The molecule has 4 nitrogen and oxygen atoms in total. The Morgan fingerprint density at radius 2 is 1.87 bits per heavy atom. The number of para-hydroxylation sites is 1. The van der Waals surface area contributed by atoms with Gasteiger partial charge in [-0.1, -0.05) is 23.7 Å². The normalized spacial score (nSPS) is 11.5. The fraction of sp³-hybridized carbons (Fsp3) is 0.0667. The summed E-state index contributed by atoms with van der Waals surface area (Å²) >= 11 is 5.72. The van der Waals surface area contributed by atoms with Gasteiger partial charge in [-0.05, 0) is 18.2 Å². The summed E-state index contributed by atoms with van der Waals surface area (Å²) in [6.07, 6.45) is -1.02. The first kappa shape index (κ1) is 15.4. The molecule has 0 saturated carbocycles. The zero-order valence-electron chi connectivity index (χ0n) is 11.4. The maximum atomic E-state index is 13.1. The average Bonchev–Trinajstić information content (AvgIpc) is 3.00. The molecule has 23 heavy (non-hydrogen) atoms. The molecule has 0 aliphatic carbocycles. The third-order valence-electron chi connectivity index (χ3n) is 3.04. The first-order valence-electron chi connectivity index (χ1n) is 6.44. The van der Waals surface area contributed by atoms with Crippen LogP contribution in [-0.4, -0.2) is 9.97 Å². The van der Waals surface area contributed by atoms with Gasteiger partial charge in [-0.3, -0.25) is 0 Å². The van der Waals surface area contributed by atoms with Crippen LogP contribution in [0.5, 0.6) is 0 Å². The molecule has 118 valence electrons. The Morgan fingerprint density at radius 3 is 2.57 bits per heavy atom. The van der Waals surface area contributed by atoms with Crippen LogP contribution in [-0.2, 0) is 6.18 Å². The van der Waals surface area contributed by atoms with Crippen molar-refractivity contribution in [1.29, 1.82) is 0 Å². The van der Waals surface area contributed by atoms with Crippen molar-refractivity contribution in [3.8, 4) is 11.5 Å².